The van der Waals surface area contributed by atoms with Gasteiger partial charge in [-0.1, -0.05) is 40.9 Å². The number of benzene rings is 3. The second kappa shape index (κ2) is 9.94. The molecule has 30 heavy (non-hydrogen) atoms. The normalized spacial score (nSPS) is 11.2. The summed E-state index contributed by atoms with van der Waals surface area (Å²) in [7, 11) is -3.87. The molecule has 0 aliphatic carbocycles. The number of hydrogen-bond donors (Lipinski definition) is 2. The van der Waals surface area contributed by atoms with Gasteiger partial charge in [-0.05, 0) is 60.7 Å². The van der Waals surface area contributed by atoms with Crippen LogP contribution in [0.2, 0.25) is 15.1 Å². The van der Waals surface area contributed by atoms with E-state index in [2.05, 4.69) is 10.0 Å². The Kier molecular flexibility index (Phi) is 7.55. The highest BCUT2D eigenvalue weighted by molar-refractivity contribution is 8.00. The molecule has 0 bridgehead atoms. The summed E-state index contributed by atoms with van der Waals surface area (Å²) in [6.45, 7) is 0. The van der Waals surface area contributed by atoms with Gasteiger partial charge in [-0.25, -0.2) is 8.42 Å². The van der Waals surface area contributed by atoms with Crippen LogP contribution in [0.15, 0.2) is 76.5 Å². The summed E-state index contributed by atoms with van der Waals surface area (Å²) in [5.74, 6) is -0.00866. The van der Waals surface area contributed by atoms with E-state index in [1.54, 1.807) is 24.3 Å². The van der Waals surface area contributed by atoms with Gasteiger partial charge in [0.25, 0.3) is 10.0 Å². The fraction of sp³-hybridized carbons (Fsp3) is 0.0500. The van der Waals surface area contributed by atoms with E-state index in [-0.39, 0.29) is 32.3 Å². The molecular weight excluding hydrogens is 487 g/mol. The number of anilines is 2. The Bertz CT molecular complexity index is 1150. The molecule has 0 atom stereocenters. The first kappa shape index (κ1) is 22.8. The molecule has 1 amide bonds. The topological polar surface area (TPSA) is 75.3 Å². The minimum atomic E-state index is -3.87. The number of thioether (sulfide) groups is 1. The summed E-state index contributed by atoms with van der Waals surface area (Å²) in [5.41, 5.74) is 0.664. The molecular formula is C20H15Cl3N2O3S2. The molecule has 5 nitrogen and oxygen atoms in total. The van der Waals surface area contributed by atoms with Crippen molar-refractivity contribution in [1.29, 1.82) is 0 Å². The Balaban J connectivity index is 1.61. The number of sulfonamides is 1. The lowest BCUT2D eigenvalue weighted by atomic mass is 10.3. The van der Waals surface area contributed by atoms with E-state index in [4.69, 9.17) is 34.8 Å². The average Bonchev–Trinajstić information content (AvgIpc) is 2.71. The molecule has 0 saturated carbocycles. The van der Waals surface area contributed by atoms with E-state index in [1.165, 1.54) is 42.1 Å². The molecule has 0 saturated heterocycles. The van der Waals surface area contributed by atoms with Crippen LogP contribution in [0.25, 0.3) is 0 Å². The molecule has 3 aromatic carbocycles. The van der Waals surface area contributed by atoms with E-state index in [0.717, 1.165) is 4.90 Å². The van der Waals surface area contributed by atoms with Crippen LogP contribution in [0.4, 0.5) is 11.4 Å². The summed E-state index contributed by atoms with van der Waals surface area (Å²) in [4.78, 5) is 13.1. The third kappa shape index (κ3) is 6.06. The van der Waals surface area contributed by atoms with Gasteiger partial charge >= 0.3 is 0 Å². The van der Waals surface area contributed by atoms with Crippen molar-refractivity contribution < 1.29 is 13.2 Å². The third-order valence-electron chi connectivity index (χ3n) is 3.83. The zero-order chi connectivity index (χ0) is 21.7. The van der Waals surface area contributed by atoms with Crippen molar-refractivity contribution in [2.75, 3.05) is 15.8 Å². The third-order valence-corrected chi connectivity index (χ3v) is 7.29. The van der Waals surface area contributed by atoms with Crippen molar-refractivity contribution in [3.8, 4) is 0 Å². The van der Waals surface area contributed by atoms with Crippen LogP contribution >= 0.6 is 46.6 Å². The molecule has 0 unspecified atom stereocenters. The predicted octanol–water partition coefficient (Wildman–Crippen LogP) is 6.18. The summed E-state index contributed by atoms with van der Waals surface area (Å²) in [5, 5.41) is 3.72. The zero-order valence-corrected chi connectivity index (χ0v) is 19.1. The van der Waals surface area contributed by atoms with Gasteiger partial charge in [0.05, 0.1) is 26.4 Å². The Hall–Kier alpha value is -1.90. The number of carbonyl (C=O) groups excluding carboxylic acids is 1. The van der Waals surface area contributed by atoms with Gasteiger partial charge in [-0.3, -0.25) is 9.52 Å². The first-order valence-electron chi connectivity index (χ1n) is 8.50. The average molecular weight is 502 g/mol. The summed E-state index contributed by atoms with van der Waals surface area (Å²) < 4.78 is 27.5. The minimum Gasteiger partial charge on any atom is -0.325 e. The highest BCUT2D eigenvalue weighted by Gasteiger charge is 2.17. The van der Waals surface area contributed by atoms with Crippen molar-refractivity contribution in [2.45, 2.75) is 9.79 Å². The number of amides is 1. The van der Waals surface area contributed by atoms with Crippen LogP contribution in [-0.4, -0.2) is 20.1 Å². The summed E-state index contributed by atoms with van der Waals surface area (Å²) >= 11 is 19.2. The Morgan fingerprint density at radius 1 is 0.900 bits per heavy atom. The van der Waals surface area contributed by atoms with Crippen molar-refractivity contribution in [2.24, 2.45) is 0 Å². The monoisotopic (exact) mass is 500 g/mol. The molecule has 10 heteroatoms. The maximum atomic E-state index is 12.6. The molecule has 0 aliphatic heterocycles. The number of halogens is 3. The smallest absolute Gasteiger partial charge is 0.261 e. The quantitative estimate of drug-likeness (QED) is 0.379. The first-order chi connectivity index (χ1) is 14.2. The highest BCUT2D eigenvalue weighted by atomic mass is 35.5. The Labute approximate surface area is 193 Å². The minimum absolute atomic E-state index is 0.0204. The molecule has 0 spiro atoms. The standard InChI is InChI=1S/C20H15Cl3N2O3S2/c21-13-4-8-15(9-5-13)29-12-19(26)24-14-6-10-16(11-7-14)30(27,28)25-18-3-1-2-17(22)20(18)23/h1-11,25H,12H2,(H,24,26). The predicted molar refractivity (Wildman–Crippen MR) is 125 cm³/mol. The van der Waals surface area contributed by atoms with Crippen LogP contribution in [0, 0.1) is 0 Å². The van der Waals surface area contributed by atoms with Gasteiger partial charge < -0.3 is 5.32 Å². The second-order valence-corrected chi connectivity index (χ2v) is 9.97. The van der Waals surface area contributed by atoms with Crippen LogP contribution in [0.5, 0.6) is 0 Å². The van der Waals surface area contributed by atoms with E-state index >= 15 is 0 Å². The van der Waals surface area contributed by atoms with Crippen molar-refractivity contribution >= 4 is 73.9 Å². The Morgan fingerprint density at radius 3 is 2.23 bits per heavy atom. The second-order valence-electron chi connectivity index (χ2n) is 6.02. The number of nitrogens with one attached hydrogen (secondary N) is 2. The molecule has 0 radical (unpaired) electrons. The highest BCUT2D eigenvalue weighted by Crippen LogP contribution is 2.31. The number of hydrogen-bond acceptors (Lipinski definition) is 4. The van der Waals surface area contributed by atoms with Gasteiger partial charge in [-0.15, -0.1) is 11.8 Å². The van der Waals surface area contributed by atoms with Crippen LogP contribution in [-0.2, 0) is 14.8 Å². The maximum absolute atomic E-state index is 12.6. The molecule has 156 valence electrons. The van der Waals surface area contributed by atoms with Crippen LogP contribution in [0.1, 0.15) is 0 Å². The van der Waals surface area contributed by atoms with Crippen LogP contribution < -0.4 is 10.0 Å². The number of rotatable bonds is 7. The molecule has 0 fully saturated rings. The number of carbonyl (C=O) groups is 1. The summed E-state index contributed by atoms with van der Waals surface area (Å²) in [6.07, 6.45) is 0. The lowest BCUT2D eigenvalue weighted by molar-refractivity contribution is -0.113. The van der Waals surface area contributed by atoms with Crippen molar-refractivity contribution in [3.63, 3.8) is 0 Å². The van der Waals surface area contributed by atoms with Gasteiger partial charge in [0, 0.05) is 15.6 Å². The molecule has 0 aliphatic rings. The van der Waals surface area contributed by atoms with E-state index in [1.807, 2.05) is 12.1 Å². The fourth-order valence-corrected chi connectivity index (χ4v) is 4.68. The zero-order valence-electron chi connectivity index (χ0n) is 15.2. The van der Waals surface area contributed by atoms with Gasteiger partial charge in [0.2, 0.25) is 5.91 Å². The van der Waals surface area contributed by atoms with Crippen molar-refractivity contribution in [3.05, 3.63) is 81.8 Å². The molecule has 2 N–H and O–H groups in total. The van der Waals surface area contributed by atoms with Crippen molar-refractivity contribution in [1.82, 2.24) is 0 Å². The first-order valence-corrected chi connectivity index (χ1v) is 12.1. The van der Waals surface area contributed by atoms with Gasteiger partial charge in [0.1, 0.15) is 0 Å². The largest absolute Gasteiger partial charge is 0.325 e. The lowest BCUT2D eigenvalue weighted by Crippen LogP contribution is -2.15. The molecule has 0 heterocycles. The maximum Gasteiger partial charge on any atom is 0.261 e. The van der Waals surface area contributed by atoms with Gasteiger partial charge in [0.15, 0.2) is 0 Å². The molecule has 0 aromatic heterocycles. The van der Waals surface area contributed by atoms with E-state index in [0.29, 0.717) is 10.7 Å². The SMILES string of the molecule is O=C(CSc1ccc(Cl)cc1)Nc1ccc(S(=O)(=O)Nc2cccc(Cl)c2Cl)cc1. The van der Waals surface area contributed by atoms with Gasteiger partial charge in [-0.2, -0.15) is 0 Å². The van der Waals surface area contributed by atoms with E-state index in [9.17, 15) is 13.2 Å². The van der Waals surface area contributed by atoms with E-state index < -0.39 is 10.0 Å². The fourth-order valence-electron chi connectivity index (χ4n) is 2.38. The molecule has 3 rings (SSSR count). The Morgan fingerprint density at radius 2 is 1.57 bits per heavy atom. The lowest BCUT2D eigenvalue weighted by Gasteiger charge is -2.11. The summed E-state index contributed by atoms with van der Waals surface area (Å²) in [6, 6.07) is 17.6. The van der Waals surface area contributed by atoms with Crippen LogP contribution in [0.3, 0.4) is 0 Å². The molecule has 3 aromatic rings.